The van der Waals surface area contributed by atoms with E-state index in [0.29, 0.717) is 40.0 Å². The van der Waals surface area contributed by atoms with Gasteiger partial charge in [0.15, 0.2) is 29.1 Å². The summed E-state index contributed by atoms with van der Waals surface area (Å²) in [6.07, 6.45) is -1.33. The molecule has 4 rings (SSSR count). The third-order valence-electron chi connectivity index (χ3n) is 5.13. The van der Waals surface area contributed by atoms with Gasteiger partial charge in [-0.25, -0.2) is 4.79 Å². The topological polar surface area (TPSA) is 113 Å². The van der Waals surface area contributed by atoms with Crippen molar-refractivity contribution < 1.29 is 43.1 Å². The Hall–Kier alpha value is -3.66. The molecule has 2 aromatic rings. The van der Waals surface area contributed by atoms with Crippen molar-refractivity contribution in [2.45, 2.75) is 12.1 Å². The molecule has 164 valence electrons. The van der Waals surface area contributed by atoms with Crippen molar-refractivity contribution in [1.82, 2.24) is 0 Å². The predicted octanol–water partition coefficient (Wildman–Crippen LogP) is 2.00. The second-order valence-corrected chi connectivity index (χ2v) is 6.77. The van der Waals surface area contributed by atoms with Crippen LogP contribution in [0, 0.1) is 0 Å². The van der Waals surface area contributed by atoms with E-state index in [2.05, 4.69) is 0 Å². The summed E-state index contributed by atoms with van der Waals surface area (Å²) in [6, 6.07) is 7.17. The molecule has 2 heterocycles. The number of ether oxygens (including phenoxy) is 6. The molecule has 31 heavy (non-hydrogen) atoms. The number of carboxylic acid groups (broad SMARTS) is 1. The van der Waals surface area contributed by atoms with E-state index in [1.807, 2.05) is 0 Å². The molecule has 0 unspecified atom stereocenters. The van der Waals surface area contributed by atoms with Gasteiger partial charge in [-0.15, -0.1) is 0 Å². The van der Waals surface area contributed by atoms with Crippen LogP contribution in [0.4, 0.5) is 5.69 Å². The molecule has 0 spiro atoms. The molecule has 0 aliphatic carbocycles. The Kier molecular flexibility index (Phi) is 5.47. The van der Waals surface area contributed by atoms with Crippen molar-refractivity contribution in [1.29, 1.82) is 0 Å². The second-order valence-electron chi connectivity index (χ2n) is 6.77. The molecule has 10 heteroatoms. The van der Waals surface area contributed by atoms with Gasteiger partial charge in [-0.05, 0) is 29.8 Å². The highest BCUT2D eigenvalue weighted by atomic mass is 16.7. The van der Waals surface area contributed by atoms with Crippen LogP contribution in [0.25, 0.3) is 0 Å². The van der Waals surface area contributed by atoms with Crippen LogP contribution in [0.5, 0.6) is 28.7 Å². The molecule has 1 amide bonds. The summed E-state index contributed by atoms with van der Waals surface area (Å²) in [7, 11) is 4.37. The van der Waals surface area contributed by atoms with Crippen LogP contribution >= 0.6 is 0 Å². The van der Waals surface area contributed by atoms with Gasteiger partial charge in [0.05, 0.1) is 27.4 Å². The number of carbonyl (C=O) groups excluding carboxylic acids is 1. The van der Waals surface area contributed by atoms with Gasteiger partial charge in [0.1, 0.15) is 6.61 Å². The summed E-state index contributed by atoms with van der Waals surface area (Å²) in [6.45, 7) is -0.309. The number of carbonyl (C=O) groups is 2. The molecule has 2 atom stereocenters. The number of hydrogen-bond donors (Lipinski definition) is 1. The first-order chi connectivity index (χ1) is 15.0. The average Bonchev–Trinajstić information content (AvgIpc) is 3.25. The Balaban J connectivity index is 1.87. The number of methoxy groups -OCH3 is 3. The minimum atomic E-state index is -1.33. The summed E-state index contributed by atoms with van der Waals surface area (Å²) in [5, 5.41) is 9.83. The fourth-order valence-corrected chi connectivity index (χ4v) is 3.75. The van der Waals surface area contributed by atoms with Gasteiger partial charge in [0, 0.05) is 11.8 Å². The first-order valence-corrected chi connectivity index (χ1v) is 9.34. The molecule has 10 nitrogen and oxygen atoms in total. The zero-order valence-corrected chi connectivity index (χ0v) is 17.1. The van der Waals surface area contributed by atoms with Crippen LogP contribution in [0.15, 0.2) is 30.3 Å². The minimum Gasteiger partial charge on any atom is -0.493 e. The van der Waals surface area contributed by atoms with Crippen LogP contribution in [-0.4, -0.2) is 57.8 Å². The third kappa shape index (κ3) is 3.55. The smallest absolute Gasteiger partial charge is 0.335 e. The predicted molar refractivity (Wildman–Crippen MR) is 106 cm³/mol. The van der Waals surface area contributed by atoms with Gasteiger partial charge in [-0.2, -0.15) is 0 Å². The summed E-state index contributed by atoms with van der Waals surface area (Å²) in [4.78, 5) is 26.4. The summed E-state index contributed by atoms with van der Waals surface area (Å²) >= 11 is 0. The zero-order chi connectivity index (χ0) is 22.1. The fraction of sp³-hybridized carbons (Fsp3) is 0.333. The van der Waals surface area contributed by atoms with E-state index in [9.17, 15) is 14.7 Å². The maximum absolute atomic E-state index is 12.9. The van der Waals surface area contributed by atoms with E-state index in [1.54, 1.807) is 30.3 Å². The van der Waals surface area contributed by atoms with E-state index >= 15 is 0 Å². The Bertz CT molecular complexity index is 997. The summed E-state index contributed by atoms with van der Waals surface area (Å²) in [5.41, 5.74) is 0.884. The van der Waals surface area contributed by atoms with Gasteiger partial charge in [-0.3, -0.25) is 9.69 Å². The number of fused-ring (bicyclic) bond motifs is 1. The molecular weight excluding hydrogens is 410 g/mol. The maximum atomic E-state index is 12.9. The second kappa shape index (κ2) is 8.23. The molecule has 2 aliphatic rings. The highest BCUT2D eigenvalue weighted by Crippen LogP contribution is 2.45. The van der Waals surface area contributed by atoms with Gasteiger partial charge in [0.25, 0.3) is 5.91 Å². The fourth-order valence-electron chi connectivity index (χ4n) is 3.75. The van der Waals surface area contributed by atoms with Gasteiger partial charge >= 0.3 is 5.97 Å². The maximum Gasteiger partial charge on any atom is 0.335 e. The molecule has 2 aromatic carbocycles. The SMILES string of the molecule is COc1cc([C@@H]2[C@@H](C(=O)O)OCC(=O)N2c2ccc3c(c2)OCO3)cc(OC)c1OC. The Morgan fingerprint density at radius 2 is 1.71 bits per heavy atom. The number of hydrogen-bond acceptors (Lipinski definition) is 8. The van der Waals surface area contributed by atoms with Crippen LogP contribution in [0.3, 0.4) is 0 Å². The number of aliphatic carboxylic acids is 1. The van der Waals surface area contributed by atoms with E-state index in [1.165, 1.54) is 26.2 Å². The zero-order valence-electron chi connectivity index (χ0n) is 17.1. The Morgan fingerprint density at radius 1 is 1.03 bits per heavy atom. The van der Waals surface area contributed by atoms with Crippen molar-refractivity contribution in [2.75, 3.05) is 39.6 Å². The van der Waals surface area contributed by atoms with Gasteiger partial charge < -0.3 is 33.5 Å². The standard InChI is InChI=1S/C21H21NO9/c1-26-15-6-11(7-16(27-2)19(15)28-3)18-20(21(24)25)29-9-17(23)22(18)12-4-5-13-14(8-12)31-10-30-13/h4-8,18,20H,9-10H2,1-3H3,(H,24,25)/t18-,20+/m1/s1. The summed E-state index contributed by atoms with van der Waals surface area (Å²) in [5.74, 6) is 0.385. The van der Waals surface area contributed by atoms with Crippen molar-refractivity contribution in [2.24, 2.45) is 0 Å². The lowest BCUT2D eigenvalue weighted by Gasteiger charge is -2.39. The molecule has 1 N–H and O–H groups in total. The van der Waals surface area contributed by atoms with E-state index in [-0.39, 0.29) is 13.4 Å². The number of nitrogens with zero attached hydrogens (tertiary/aromatic N) is 1. The highest BCUT2D eigenvalue weighted by molar-refractivity contribution is 5.98. The molecule has 1 saturated heterocycles. The summed E-state index contributed by atoms with van der Waals surface area (Å²) < 4.78 is 32.3. The molecule has 0 aromatic heterocycles. The molecule has 2 aliphatic heterocycles. The van der Waals surface area contributed by atoms with Gasteiger partial charge in [0.2, 0.25) is 12.5 Å². The average molecular weight is 431 g/mol. The number of rotatable bonds is 6. The lowest BCUT2D eigenvalue weighted by Crippen LogP contribution is -2.52. The largest absolute Gasteiger partial charge is 0.493 e. The van der Waals surface area contributed by atoms with E-state index in [0.717, 1.165) is 0 Å². The normalized spacial score (nSPS) is 19.8. The van der Waals surface area contributed by atoms with Crippen molar-refractivity contribution in [3.63, 3.8) is 0 Å². The molecule has 1 fully saturated rings. The monoisotopic (exact) mass is 431 g/mol. The van der Waals surface area contributed by atoms with Crippen molar-refractivity contribution in [3.8, 4) is 28.7 Å². The first kappa shape index (κ1) is 20.6. The van der Waals surface area contributed by atoms with Crippen molar-refractivity contribution in [3.05, 3.63) is 35.9 Å². The van der Waals surface area contributed by atoms with E-state index < -0.39 is 24.0 Å². The lowest BCUT2D eigenvalue weighted by molar-refractivity contribution is -0.157. The van der Waals surface area contributed by atoms with Crippen LogP contribution in [-0.2, 0) is 14.3 Å². The van der Waals surface area contributed by atoms with Crippen LogP contribution in [0.2, 0.25) is 0 Å². The third-order valence-corrected chi connectivity index (χ3v) is 5.13. The number of anilines is 1. The minimum absolute atomic E-state index is 0.0733. The molecule has 0 bridgehead atoms. The number of benzene rings is 2. The van der Waals surface area contributed by atoms with Gasteiger partial charge in [-0.1, -0.05) is 0 Å². The highest BCUT2D eigenvalue weighted by Gasteiger charge is 2.43. The number of amides is 1. The van der Waals surface area contributed by atoms with Crippen LogP contribution in [0.1, 0.15) is 11.6 Å². The molecular formula is C21H21NO9. The number of carboxylic acids is 1. The Morgan fingerprint density at radius 3 is 2.32 bits per heavy atom. The van der Waals surface area contributed by atoms with E-state index in [4.69, 9.17) is 28.4 Å². The van der Waals surface area contributed by atoms with Crippen LogP contribution < -0.4 is 28.6 Å². The van der Waals surface area contributed by atoms with Crippen molar-refractivity contribution >= 4 is 17.6 Å². The molecule has 0 radical (unpaired) electrons. The number of morpholine rings is 1. The Labute approximate surface area is 177 Å². The lowest BCUT2D eigenvalue weighted by atomic mass is 9.96. The molecule has 0 saturated carbocycles. The first-order valence-electron chi connectivity index (χ1n) is 9.34. The quantitative estimate of drug-likeness (QED) is 0.734.